The number of hydrogen-bond acceptors (Lipinski definition) is 8. The van der Waals surface area contributed by atoms with Gasteiger partial charge in [-0.3, -0.25) is 9.36 Å². The minimum absolute atomic E-state index is 0.0297. The fourth-order valence-electron chi connectivity index (χ4n) is 5.35. The van der Waals surface area contributed by atoms with E-state index in [2.05, 4.69) is 15.2 Å². The number of fused-ring (bicyclic) bond motifs is 2. The molecule has 10 heteroatoms. The van der Waals surface area contributed by atoms with Crippen LogP contribution < -0.4 is 10.9 Å². The van der Waals surface area contributed by atoms with E-state index >= 15 is 0 Å². The molecule has 0 amide bonds. The molecule has 0 radical (unpaired) electrons. The highest BCUT2D eigenvalue weighted by Crippen LogP contribution is 2.32. The van der Waals surface area contributed by atoms with Crippen molar-refractivity contribution in [2.24, 2.45) is 9.98 Å². The molecule has 4 heterocycles. The minimum Gasteiger partial charge on any atom is -0.358 e. The minimum atomic E-state index is -0.588. The molecule has 2 aromatic carbocycles. The Balaban J connectivity index is 1.42. The van der Waals surface area contributed by atoms with Gasteiger partial charge in [-0.25, -0.2) is 19.4 Å². The summed E-state index contributed by atoms with van der Waals surface area (Å²) in [6, 6.07) is 13.3. The van der Waals surface area contributed by atoms with Crippen LogP contribution in [-0.2, 0) is 4.74 Å². The van der Waals surface area contributed by atoms with Gasteiger partial charge in [-0.1, -0.05) is 31.2 Å². The van der Waals surface area contributed by atoms with E-state index in [0.29, 0.717) is 29.3 Å². The van der Waals surface area contributed by atoms with Crippen LogP contribution in [0.15, 0.2) is 74.8 Å². The van der Waals surface area contributed by atoms with E-state index in [9.17, 15) is 9.18 Å². The summed E-state index contributed by atoms with van der Waals surface area (Å²) >= 11 is 0. The van der Waals surface area contributed by atoms with Crippen LogP contribution in [0.5, 0.6) is 0 Å². The van der Waals surface area contributed by atoms with Crippen molar-refractivity contribution in [3.63, 3.8) is 0 Å². The molecule has 3 aliphatic heterocycles. The average molecular weight is 516 g/mol. The molecule has 1 fully saturated rings. The number of nitrogens with one attached hydrogen (secondary N) is 1. The van der Waals surface area contributed by atoms with Gasteiger partial charge in [-0.2, -0.15) is 0 Å². The fourth-order valence-corrected chi connectivity index (χ4v) is 5.35. The van der Waals surface area contributed by atoms with Crippen LogP contribution in [0.4, 0.5) is 4.39 Å². The maximum atomic E-state index is 14.8. The molecule has 0 aliphatic carbocycles. The Morgan fingerprint density at radius 2 is 1.95 bits per heavy atom. The Morgan fingerprint density at radius 3 is 2.71 bits per heavy atom. The molecule has 9 nitrogen and oxygen atoms in total. The van der Waals surface area contributed by atoms with Crippen molar-refractivity contribution in [3.8, 4) is 5.69 Å². The highest BCUT2D eigenvalue weighted by Gasteiger charge is 2.39. The first-order valence-corrected chi connectivity index (χ1v) is 13.0. The molecular weight excluding hydrogens is 485 g/mol. The predicted octanol–water partition coefficient (Wildman–Crippen LogP) is 3.90. The lowest BCUT2D eigenvalue weighted by Gasteiger charge is -2.39. The SMILES string of the molecule is CC[C@H](NC1=C2N=CN(C3CCCCO3)C2N(C)C=N1)c1nc2cccc(F)c2c(=O)n1-c1ccccc1. The standard InChI is InChI=1S/C28H30FN7O2/c1-3-20(32-25-24-27(34(2)16-31-25)35(17-30-24)22-14-7-8-15-38-22)26-33-21-13-9-12-19(29)23(21)28(37)36(26)18-10-5-4-6-11-18/h4-6,9-13,16-17,20,22,27,32H,3,7-8,14-15H2,1-2H3/t20-,22?,27?/m0/s1. The fraction of sp³-hybridized carbons (Fsp3) is 0.357. The van der Waals surface area contributed by atoms with E-state index in [4.69, 9.17) is 14.7 Å². The third kappa shape index (κ3) is 4.14. The Morgan fingerprint density at radius 1 is 1.11 bits per heavy atom. The summed E-state index contributed by atoms with van der Waals surface area (Å²) in [6.45, 7) is 2.75. The number of halogens is 1. The molecule has 196 valence electrons. The van der Waals surface area contributed by atoms with Crippen molar-refractivity contribution in [1.29, 1.82) is 0 Å². The number of benzene rings is 2. The molecule has 0 spiro atoms. The third-order valence-electron chi connectivity index (χ3n) is 7.26. The quantitative estimate of drug-likeness (QED) is 0.536. The van der Waals surface area contributed by atoms with E-state index in [1.54, 1.807) is 18.5 Å². The van der Waals surface area contributed by atoms with Gasteiger partial charge in [-0.15, -0.1) is 0 Å². The van der Waals surface area contributed by atoms with Crippen molar-refractivity contribution in [2.75, 3.05) is 13.7 Å². The molecule has 38 heavy (non-hydrogen) atoms. The van der Waals surface area contributed by atoms with Crippen LogP contribution in [0, 0.1) is 5.82 Å². The molecule has 2 unspecified atom stereocenters. The predicted molar refractivity (Wildman–Crippen MR) is 144 cm³/mol. The number of rotatable bonds is 6. The van der Waals surface area contributed by atoms with Gasteiger partial charge in [0.25, 0.3) is 5.56 Å². The van der Waals surface area contributed by atoms with Gasteiger partial charge in [0.2, 0.25) is 0 Å². The van der Waals surface area contributed by atoms with Crippen LogP contribution >= 0.6 is 0 Å². The van der Waals surface area contributed by atoms with Crippen LogP contribution in [0.3, 0.4) is 0 Å². The maximum absolute atomic E-state index is 14.8. The first-order valence-electron chi connectivity index (χ1n) is 13.0. The van der Waals surface area contributed by atoms with Crippen LogP contribution in [0.1, 0.15) is 44.5 Å². The Bertz CT molecular complexity index is 1490. The summed E-state index contributed by atoms with van der Waals surface area (Å²) in [7, 11) is 1.97. The molecule has 3 aliphatic rings. The van der Waals surface area contributed by atoms with Crippen molar-refractivity contribution in [1.82, 2.24) is 24.7 Å². The topological polar surface area (TPSA) is 87.3 Å². The Kier molecular flexibility index (Phi) is 6.40. The molecule has 1 saturated heterocycles. The molecule has 3 aromatic rings. The van der Waals surface area contributed by atoms with Gasteiger partial charge in [0.15, 0.2) is 12.0 Å². The molecule has 1 aromatic heterocycles. The molecule has 0 bridgehead atoms. The molecule has 1 N–H and O–H groups in total. The highest BCUT2D eigenvalue weighted by atomic mass is 19.1. The maximum Gasteiger partial charge on any atom is 0.269 e. The van der Waals surface area contributed by atoms with Crippen LogP contribution in [0.2, 0.25) is 0 Å². The number of likely N-dealkylation sites (N-methyl/N-ethyl adjacent to an activating group) is 1. The van der Waals surface area contributed by atoms with Gasteiger partial charge < -0.3 is 19.9 Å². The van der Waals surface area contributed by atoms with Gasteiger partial charge in [0.1, 0.15) is 29.0 Å². The molecule has 6 rings (SSSR count). The molecule has 0 saturated carbocycles. The number of aliphatic imine (C=N–C) groups is 2. The lowest BCUT2D eigenvalue weighted by Crippen LogP contribution is -2.51. The van der Waals surface area contributed by atoms with E-state index in [1.807, 2.05) is 55.5 Å². The van der Waals surface area contributed by atoms with Gasteiger partial charge in [0, 0.05) is 13.7 Å². The summed E-state index contributed by atoms with van der Waals surface area (Å²) < 4.78 is 22.3. The number of hydrogen-bond donors (Lipinski definition) is 1. The lowest BCUT2D eigenvalue weighted by atomic mass is 10.1. The van der Waals surface area contributed by atoms with Gasteiger partial charge in [-0.05, 0) is 49.9 Å². The van der Waals surface area contributed by atoms with Gasteiger partial charge in [0.05, 0.1) is 29.9 Å². The van der Waals surface area contributed by atoms with Crippen molar-refractivity contribution >= 4 is 23.6 Å². The average Bonchev–Trinajstić information content (AvgIpc) is 3.40. The third-order valence-corrected chi connectivity index (χ3v) is 7.26. The number of para-hydroxylation sites is 1. The van der Waals surface area contributed by atoms with E-state index in [1.165, 1.54) is 10.6 Å². The Labute approximate surface area is 220 Å². The van der Waals surface area contributed by atoms with Crippen molar-refractivity contribution in [3.05, 3.63) is 82.0 Å². The number of aromatic nitrogens is 2. The lowest BCUT2D eigenvalue weighted by molar-refractivity contribution is -0.0728. The summed E-state index contributed by atoms with van der Waals surface area (Å²) in [5, 5.41) is 3.48. The second-order valence-corrected chi connectivity index (χ2v) is 9.72. The molecular formula is C28H30FN7O2. The monoisotopic (exact) mass is 515 g/mol. The summed E-state index contributed by atoms with van der Waals surface area (Å²) in [6.07, 6.45) is 7.17. The second-order valence-electron chi connectivity index (χ2n) is 9.72. The van der Waals surface area contributed by atoms with Gasteiger partial charge >= 0.3 is 0 Å². The zero-order valence-corrected chi connectivity index (χ0v) is 21.4. The largest absolute Gasteiger partial charge is 0.358 e. The van der Waals surface area contributed by atoms with Crippen LogP contribution in [-0.4, -0.2) is 58.1 Å². The smallest absolute Gasteiger partial charge is 0.269 e. The first-order chi connectivity index (χ1) is 18.6. The summed E-state index contributed by atoms with van der Waals surface area (Å²) in [5.41, 5.74) is 1.27. The van der Waals surface area contributed by atoms with E-state index in [0.717, 1.165) is 31.6 Å². The van der Waals surface area contributed by atoms with E-state index < -0.39 is 17.4 Å². The zero-order valence-electron chi connectivity index (χ0n) is 21.4. The normalized spacial score (nSPS) is 21.8. The summed E-state index contributed by atoms with van der Waals surface area (Å²) in [4.78, 5) is 32.0. The summed E-state index contributed by atoms with van der Waals surface area (Å²) in [5.74, 6) is 0.507. The zero-order chi connectivity index (χ0) is 26.2. The number of nitrogens with zero attached hydrogens (tertiary/aromatic N) is 6. The van der Waals surface area contributed by atoms with E-state index in [-0.39, 0.29) is 17.8 Å². The highest BCUT2D eigenvalue weighted by molar-refractivity contribution is 5.78. The number of ether oxygens (including phenoxy) is 1. The first kappa shape index (κ1) is 24.3. The Hall–Kier alpha value is -4.05. The van der Waals surface area contributed by atoms with Crippen LogP contribution in [0.25, 0.3) is 16.6 Å². The van der Waals surface area contributed by atoms with Crippen molar-refractivity contribution < 1.29 is 9.13 Å². The second kappa shape index (κ2) is 10.0. The van der Waals surface area contributed by atoms with Crippen molar-refractivity contribution in [2.45, 2.75) is 51.0 Å². The molecule has 3 atom stereocenters.